The van der Waals surface area contributed by atoms with E-state index >= 15 is 0 Å². The van der Waals surface area contributed by atoms with Gasteiger partial charge >= 0.3 is 5.97 Å². The number of hydrogen-bond donors (Lipinski definition) is 1. The normalized spacial score (nSPS) is 12.3. The van der Waals surface area contributed by atoms with E-state index < -0.39 is 18.0 Å². The van der Waals surface area contributed by atoms with Crippen molar-refractivity contribution in [3.05, 3.63) is 47.3 Å². The van der Waals surface area contributed by atoms with Gasteiger partial charge in [-0.15, -0.1) is 0 Å². The van der Waals surface area contributed by atoms with E-state index in [0.717, 1.165) is 5.39 Å². The van der Waals surface area contributed by atoms with Gasteiger partial charge in [0.2, 0.25) is 11.6 Å². The number of fused-ring (bicyclic) bond motifs is 1. The maximum absolute atomic E-state index is 12.7. The molecule has 1 N–H and O–H groups in total. The average molecular weight is 386 g/mol. The fourth-order valence-electron chi connectivity index (χ4n) is 2.57. The molecule has 0 aliphatic rings. The van der Waals surface area contributed by atoms with E-state index in [1.807, 2.05) is 32.0 Å². The quantitative estimate of drug-likeness (QED) is 0.615. The SMILES string of the molecule is Cc1cc(NC(=O)C(C)OC(=O)c2oc3ccccc3c2COC(C)C)on1. The Bertz CT molecular complexity index is 988. The lowest BCUT2D eigenvalue weighted by atomic mass is 10.1. The van der Waals surface area contributed by atoms with Crippen LogP contribution >= 0.6 is 0 Å². The molecule has 3 aromatic rings. The van der Waals surface area contributed by atoms with Gasteiger partial charge in [-0.25, -0.2) is 4.79 Å². The summed E-state index contributed by atoms with van der Waals surface area (Å²) in [6, 6.07) is 8.82. The molecule has 1 amide bonds. The third kappa shape index (κ3) is 4.40. The molecule has 0 spiro atoms. The molecule has 0 radical (unpaired) electrons. The largest absolute Gasteiger partial charge is 0.449 e. The molecule has 2 aromatic heterocycles. The summed E-state index contributed by atoms with van der Waals surface area (Å²) in [5.74, 6) is -1.08. The van der Waals surface area contributed by atoms with Crippen LogP contribution in [0.4, 0.5) is 5.88 Å². The summed E-state index contributed by atoms with van der Waals surface area (Å²) in [6.45, 7) is 7.18. The van der Waals surface area contributed by atoms with Gasteiger partial charge in [-0.05, 0) is 33.8 Å². The number of hydrogen-bond acceptors (Lipinski definition) is 7. The van der Waals surface area contributed by atoms with Crippen LogP contribution in [0.1, 0.15) is 42.6 Å². The highest BCUT2D eigenvalue weighted by Gasteiger charge is 2.26. The zero-order valence-corrected chi connectivity index (χ0v) is 16.1. The van der Waals surface area contributed by atoms with Crippen LogP contribution in [0, 0.1) is 6.92 Å². The number of aryl methyl sites for hydroxylation is 1. The van der Waals surface area contributed by atoms with Crippen LogP contribution in [-0.2, 0) is 20.9 Å². The molecule has 1 aromatic carbocycles. The molecule has 0 fully saturated rings. The summed E-state index contributed by atoms with van der Waals surface area (Å²) in [6.07, 6.45) is -1.09. The topological polar surface area (TPSA) is 104 Å². The summed E-state index contributed by atoms with van der Waals surface area (Å²) in [5.41, 5.74) is 1.76. The van der Waals surface area contributed by atoms with Crippen molar-refractivity contribution in [1.29, 1.82) is 0 Å². The van der Waals surface area contributed by atoms with Crippen molar-refractivity contribution < 1.29 is 28.0 Å². The van der Waals surface area contributed by atoms with Gasteiger partial charge < -0.3 is 18.4 Å². The molecule has 3 rings (SSSR count). The zero-order valence-electron chi connectivity index (χ0n) is 16.1. The first-order valence-corrected chi connectivity index (χ1v) is 8.92. The van der Waals surface area contributed by atoms with Crippen molar-refractivity contribution in [2.75, 3.05) is 5.32 Å². The lowest BCUT2D eigenvalue weighted by molar-refractivity contribution is -0.124. The van der Waals surface area contributed by atoms with Crippen molar-refractivity contribution in [2.45, 2.75) is 46.5 Å². The predicted molar refractivity (Wildman–Crippen MR) is 101 cm³/mol. The van der Waals surface area contributed by atoms with Gasteiger partial charge in [0, 0.05) is 17.0 Å². The van der Waals surface area contributed by atoms with Crippen LogP contribution in [0.15, 0.2) is 39.3 Å². The van der Waals surface area contributed by atoms with Gasteiger partial charge in [-0.2, -0.15) is 0 Å². The first kappa shape index (κ1) is 19.6. The van der Waals surface area contributed by atoms with Gasteiger partial charge in [0.1, 0.15) is 5.58 Å². The number of nitrogens with zero attached hydrogens (tertiary/aromatic N) is 1. The average Bonchev–Trinajstić information content (AvgIpc) is 3.23. The molecule has 148 valence electrons. The monoisotopic (exact) mass is 386 g/mol. The second kappa shape index (κ2) is 8.26. The number of anilines is 1. The zero-order chi connectivity index (χ0) is 20.3. The van der Waals surface area contributed by atoms with Crippen LogP contribution in [0.3, 0.4) is 0 Å². The number of esters is 1. The molecule has 0 aliphatic heterocycles. The number of carbonyl (C=O) groups is 2. The fourth-order valence-corrected chi connectivity index (χ4v) is 2.57. The molecule has 28 heavy (non-hydrogen) atoms. The van der Waals surface area contributed by atoms with E-state index in [-0.39, 0.29) is 24.4 Å². The molecular weight excluding hydrogens is 364 g/mol. The smallest absolute Gasteiger partial charge is 0.375 e. The number of aromatic nitrogens is 1. The Morgan fingerprint density at radius 1 is 1.21 bits per heavy atom. The summed E-state index contributed by atoms with van der Waals surface area (Å²) in [4.78, 5) is 24.9. The Morgan fingerprint density at radius 2 is 1.96 bits per heavy atom. The number of amides is 1. The molecular formula is C20H22N2O6. The molecule has 8 heteroatoms. The van der Waals surface area contributed by atoms with E-state index in [9.17, 15) is 9.59 Å². The summed E-state index contributed by atoms with van der Waals surface area (Å²) in [5, 5.41) is 6.95. The second-order valence-electron chi connectivity index (χ2n) is 6.63. The van der Waals surface area contributed by atoms with Crippen LogP contribution in [0.25, 0.3) is 11.0 Å². The minimum Gasteiger partial charge on any atom is -0.449 e. The fraction of sp³-hybridized carbons (Fsp3) is 0.350. The number of para-hydroxylation sites is 1. The highest BCUT2D eigenvalue weighted by atomic mass is 16.6. The minimum atomic E-state index is -1.06. The third-order valence-electron chi connectivity index (χ3n) is 3.97. The van der Waals surface area contributed by atoms with E-state index in [1.165, 1.54) is 6.92 Å². The maximum atomic E-state index is 12.7. The Morgan fingerprint density at radius 3 is 2.64 bits per heavy atom. The van der Waals surface area contributed by atoms with Gasteiger partial charge in [0.05, 0.1) is 18.4 Å². The first-order valence-electron chi connectivity index (χ1n) is 8.92. The molecule has 0 aliphatic carbocycles. The Hall–Kier alpha value is -3.13. The van der Waals surface area contributed by atoms with Crippen molar-refractivity contribution >= 4 is 28.7 Å². The minimum absolute atomic E-state index is 0.0207. The lowest BCUT2D eigenvalue weighted by Gasteiger charge is -2.12. The van der Waals surface area contributed by atoms with Crippen molar-refractivity contribution in [1.82, 2.24) is 5.16 Å². The van der Waals surface area contributed by atoms with Gasteiger partial charge in [0.25, 0.3) is 5.91 Å². The highest BCUT2D eigenvalue weighted by molar-refractivity contribution is 5.99. The summed E-state index contributed by atoms with van der Waals surface area (Å²) in [7, 11) is 0. The molecule has 8 nitrogen and oxygen atoms in total. The van der Waals surface area contributed by atoms with Crippen LogP contribution in [0.5, 0.6) is 0 Å². The van der Waals surface area contributed by atoms with E-state index in [4.69, 9.17) is 18.4 Å². The number of rotatable bonds is 7. The summed E-state index contributed by atoms with van der Waals surface area (Å²) < 4.78 is 21.6. The molecule has 1 unspecified atom stereocenters. The van der Waals surface area contributed by atoms with Gasteiger partial charge in [0.15, 0.2) is 6.10 Å². The van der Waals surface area contributed by atoms with Gasteiger partial charge in [-0.1, -0.05) is 23.4 Å². The maximum Gasteiger partial charge on any atom is 0.375 e. The number of ether oxygens (including phenoxy) is 2. The molecule has 2 heterocycles. The number of carbonyl (C=O) groups excluding carboxylic acids is 2. The molecule has 1 atom stereocenters. The Kier molecular flexibility index (Phi) is 5.79. The second-order valence-corrected chi connectivity index (χ2v) is 6.63. The Labute approximate surface area is 161 Å². The van der Waals surface area contributed by atoms with Crippen molar-refractivity contribution in [3.63, 3.8) is 0 Å². The number of furan rings is 1. The van der Waals surface area contributed by atoms with Gasteiger partial charge in [-0.3, -0.25) is 10.1 Å². The van der Waals surface area contributed by atoms with Crippen LogP contribution in [-0.4, -0.2) is 29.2 Å². The molecule has 0 saturated heterocycles. The van der Waals surface area contributed by atoms with E-state index in [1.54, 1.807) is 19.1 Å². The third-order valence-corrected chi connectivity index (χ3v) is 3.97. The predicted octanol–water partition coefficient (Wildman–Crippen LogP) is 3.84. The van der Waals surface area contributed by atoms with Crippen molar-refractivity contribution in [3.8, 4) is 0 Å². The first-order chi connectivity index (χ1) is 13.3. The van der Waals surface area contributed by atoms with Crippen molar-refractivity contribution in [2.24, 2.45) is 0 Å². The van der Waals surface area contributed by atoms with E-state index in [2.05, 4.69) is 10.5 Å². The number of nitrogens with one attached hydrogen (secondary N) is 1. The molecule has 0 bridgehead atoms. The standard InChI is InChI=1S/C20H22N2O6/c1-11(2)25-10-15-14-7-5-6-8-16(14)27-18(15)20(24)26-13(4)19(23)21-17-9-12(3)22-28-17/h5-9,11,13H,10H2,1-4H3,(H,21,23). The molecule has 0 saturated carbocycles. The Balaban J connectivity index is 1.76. The van der Waals surface area contributed by atoms with E-state index in [0.29, 0.717) is 16.8 Å². The summed E-state index contributed by atoms with van der Waals surface area (Å²) >= 11 is 0. The van der Waals surface area contributed by atoms with Crippen LogP contribution < -0.4 is 5.32 Å². The lowest BCUT2D eigenvalue weighted by Crippen LogP contribution is -2.30. The number of benzene rings is 1. The van der Waals surface area contributed by atoms with Crippen LogP contribution in [0.2, 0.25) is 0 Å². The highest BCUT2D eigenvalue weighted by Crippen LogP contribution is 2.28.